The maximum Gasteiger partial charge on any atom is 0.0998 e. The Labute approximate surface area is 230 Å². The van der Waals surface area contributed by atoms with Crippen molar-refractivity contribution < 1.29 is 0 Å². The summed E-state index contributed by atoms with van der Waals surface area (Å²) >= 11 is 0. The molecule has 0 aliphatic heterocycles. The Bertz CT molecular complexity index is 1620. The second-order valence-corrected chi connectivity index (χ2v) is 9.84. The number of rotatable bonds is 9. The third kappa shape index (κ3) is 5.69. The largest absolute Gasteiger partial charge is 0.340 e. The Hall–Kier alpha value is -4.86. The van der Waals surface area contributed by atoms with E-state index in [2.05, 4.69) is 60.0 Å². The zero-order valence-corrected chi connectivity index (χ0v) is 22.3. The highest BCUT2D eigenvalue weighted by Gasteiger charge is 2.13. The monoisotopic (exact) mass is 505 g/mol. The number of benzene rings is 4. The maximum absolute atomic E-state index is 9.84. The molecule has 0 radical (unpaired) electrons. The molecule has 0 spiro atoms. The van der Waals surface area contributed by atoms with E-state index in [-0.39, 0.29) is 0 Å². The van der Waals surface area contributed by atoms with Gasteiger partial charge in [-0.25, -0.2) is 0 Å². The van der Waals surface area contributed by atoms with Gasteiger partial charge < -0.3 is 4.57 Å². The predicted octanol–water partition coefficient (Wildman–Crippen LogP) is 9.50. The van der Waals surface area contributed by atoms with Crippen molar-refractivity contribution in [2.24, 2.45) is 0 Å². The molecule has 190 valence electrons. The minimum atomic E-state index is 0.651. The standard InChI is InChI=1S/C36H31N3/c1-2-3-4-11-20-39-35-23-27(21-31(25-37)29-12-7-5-8-13-29)16-18-33(35)34-19-17-28(24-36(34)39)22-32(26-38)30-14-9-6-10-15-30/h5-10,12-19,21-24H,2-4,11,20H2,1H3/b31-21+,32-22+. The average Bonchev–Trinajstić information content (AvgIpc) is 3.29. The van der Waals surface area contributed by atoms with Crippen molar-refractivity contribution in [1.29, 1.82) is 10.5 Å². The van der Waals surface area contributed by atoms with Gasteiger partial charge >= 0.3 is 0 Å². The summed E-state index contributed by atoms with van der Waals surface area (Å²) in [7, 11) is 0. The molecule has 39 heavy (non-hydrogen) atoms. The number of aromatic nitrogens is 1. The van der Waals surface area contributed by atoms with Crippen LogP contribution in [0.1, 0.15) is 54.9 Å². The lowest BCUT2D eigenvalue weighted by Gasteiger charge is -2.09. The first kappa shape index (κ1) is 25.8. The lowest BCUT2D eigenvalue weighted by atomic mass is 10.0. The minimum Gasteiger partial charge on any atom is -0.340 e. The third-order valence-electron chi connectivity index (χ3n) is 7.18. The Morgan fingerprint density at radius 1 is 0.641 bits per heavy atom. The highest BCUT2D eigenvalue weighted by atomic mass is 15.0. The van der Waals surface area contributed by atoms with Crippen molar-refractivity contribution in [2.75, 3.05) is 0 Å². The zero-order chi connectivity index (χ0) is 27.0. The van der Waals surface area contributed by atoms with Gasteiger partial charge in [0.15, 0.2) is 0 Å². The van der Waals surface area contributed by atoms with E-state index in [1.165, 1.54) is 41.1 Å². The number of nitriles is 2. The smallest absolute Gasteiger partial charge is 0.0998 e. The van der Waals surface area contributed by atoms with Crippen LogP contribution in [0.5, 0.6) is 0 Å². The van der Waals surface area contributed by atoms with Gasteiger partial charge in [-0.05, 0) is 53.0 Å². The normalized spacial score (nSPS) is 12.0. The van der Waals surface area contributed by atoms with Crippen LogP contribution in [0.4, 0.5) is 0 Å². The number of hydrogen-bond donors (Lipinski definition) is 0. The van der Waals surface area contributed by atoms with Crippen LogP contribution in [0, 0.1) is 22.7 Å². The van der Waals surface area contributed by atoms with E-state index in [0.717, 1.165) is 35.2 Å². The van der Waals surface area contributed by atoms with E-state index in [9.17, 15) is 10.5 Å². The number of nitrogens with zero attached hydrogens (tertiary/aromatic N) is 3. The first-order valence-electron chi connectivity index (χ1n) is 13.6. The molecular weight excluding hydrogens is 474 g/mol. The van der Waals surface area contributed by atoms with Crippen LogP contribution in [0.3, 0.4) is 0 Å². The van der Waals surface area contributed by atoms with Crippen molar-refractivity contribution in [1.82, 2.24) is 4.57 Å². The number of unbranched alkanes of at least 4 members (excludes halogenated alkanes) is 3. The molecule has 0 saturated carbocycles. The summed E-state index contributed by atoms with van der Waals surface area (Å²) < 4.78 is 2.41. The molecule has 0 aliphatic rings. The Morgan fingerprint density at radius 3 is 1.56 bits per heavy atom. The fourth-order valence-corrected chi connectivity index (χ4v) is 5.18. The molecule has 4 aromatic carbocycles. The second-order valence-electron chi connectivity index (χ2n) is 9.84. The lowest BCUT2D eigenvalue weighted by molar-refractivity contribution is 0.602. The summed E-state index contributed by atoms with van der Waals surface area (Å²) in [4.78, 5) is 0. The van der Waals surface area contributed by atoms with Crippen molar-refractivity contribution >= 4 is 45.1 Å². The molecule has 3 nitrogen and oxygen atoms in total. The number of aryl methyl sites for hydroxylation is 1. The average molecular weight is 506 g/mol. The van der Waals surface area contributed by atoms with Gasteiger partial charge in [-0.2, -0.15) is 10.5 Å². The molecule has 0 N–H and O–H groups in total. The van der Waals surface area contributed by atoms with E-state index < -0.39 is 0 Å². The summed E-state index contributed by atoms with van der Waals surface area (Å²) in [6, 6.07) is 37.3. The quantitative estimate of drug-likeness (QED) is 0.114. The molecule has 5 rings (SSSR count). The van der Waals surface area contributed by atoms with Gasteiger partial charge in [-0.15, -0.1) is 0 Å². The molecule has 0 bridgehead atoms. The van der Waals surface area contributed by atoms with E-state index in [4.69, 9.17) is 0 Å². The van der Waals surface area contributed by atoms with E-state index in [1.54, 1.807) is 0 Å². The van der Waals surface area contributed by atoms with Crippen molar-refractivity contribution in [3.05, 3.63) is 119 Å². The van der Waals surface area contributed by atoms with Gasteiger partial charge in [0.1, 0.15) is 0 Å². The zero-order valence-electron chi connectivity index (χ0n) is 22.3. The molecule has 0 unspecified atom stereocenters. The Kier molecular flexibility index (Phi) is 8.01. The van der Waals surface area contributed by atoms with Crippen LogP contribution in [-0.4, -0.2) is 4.57 Å². The fraction of sp³-hybridized carbons (Fsp3) is 0.167. The first-order chi connectivity index (χ1) is 19.2. The van der Waals surface area contributed by atoms with Crippen LogP contribution in [0.25, 0.3) is 45.1 Å². The van der Waals surface area contributed by atoms with Crippen LogP contribution < -0.4 is 0 Å². The summed E-state index contributed by atoms with van der Waals surface area (Å²) in [6.45, 7) is 3.16. The number of fused-ring (bicyclic) bond motifs is 3. The topological polar surface area (TPSA) is 52.5 Å². The number of allylic oxidation sites excluding steroid dienone is 2. The first-order valence-corrected chi connectivity index (χ1v) is 13.6. The van der Waals surface area contributed by atoms with Gasteiger partial charge in [-0.3, -0.25) is 0 Å². The molecule has 0 amide bonds. The SMILES string of the molecule is CCCCCCn1c2cc(/C=C(\C#N)c3ccccc3)ccc2c2ccc(/C=C(\C#N)c3ccccc3)cc21. The Balaban J connectivity index is 1.62. The minimum absolute atomic E-state index is 0.651. The molecule has 0 atom stereocenters. The van der Waals surface area contributed by atoms with Crippen molar-refractivity contribution in [3.63, 3.8) is 0 Å². The van der Waals surface area contributed by atoms with E-state index >= 15 is 0 Å². The summed E-state index contributed by atoms with van der Waals surface area (Å²) in [5.41, 5.74) is 7.51. The second kappa shape index (κ2) is 12.1. The van der Waals surface area contributed by atoms with Crippen LogP contribution in [0.15, 0.2) is 97.1 Å². The fourth-order valence-electron chi connectivity index (χ4n) is 5.18. The number of hydrogen-bond acceptors (Lipinski definition) is 2. The van der Waals surface area contributed by atoms with Crippen LogP contribution in [-0.2, 0) is 6.54 Å². The highest BCUT2D eigenvalue weighted by Crippen LogP contribution is 2.33. The Morgan fingerprint density at radius 2 is 1.13 bits per heavy atom. The summed E-state index contributed by atoms with van der Waals surface area (Å²) in [5.74, 6) is 0. The third-order valence-corrected chi connectivity index (χ3v) is 7.18. The molecule has 0 fully saturated rings. The van der Waals surface area contributed by atoms with E-state index in [1.807, 2.05) is 72.8 Å². The lowest BCUT2D eigenvalue weighted by Crippen LogP contribution is -1.98. The molecule has 5 aromatic rings. The summed E-state index contributed by atoms with van der Waals surface area (Å²) in [6.07, 6.45) is 8.67. The van der Waals surface area contributed by atoms with Crippen LogP contribution in [0.2, 0.25) is 0 Å². The van der Waals surface area contributed by atoms with Gasteiger partial charge in [0, 0.05) is 28.4 Å². The summed E-state index contributed by atoms with van der Waals surface area (Å²) in [5, 5.41) is 22.1. The van der Waals surface area contributed by atoms with E-state index in [0.29, 0.717) is 11.1 Å². The highest BCUT2D eigenvalue weighted by molar-refractivity contribution is 6.09. The van der Waals surface area contributed by atoms with Gasteiger partial charge in [-0.1, -0.05) is 111 Å². The molecule has 0 aliphatic carbocycles. The molecular formula is C36H31N3. The van der Waals surface area contributed by atoms with Gasteiger partial charge in [0.25, 0.3) is 0 Å². The molecule has 1 heterocycles. The molecule has 0 saturated heterocycles. The van der Waals surface area contributed by atoms with Gasteiger partial charge in [0.05, 0.1) is 23.3 Å². The van der Waals surface area contributed by atoms with Crippen molar-refractivity contribution in [2.45, 2.75) is 39.2 Å². The molecule has 1 aromatic heterocycles. The predicted molar refractivity (Wildman–Crippen MR) is 163 cm³/mol. The maximum atomic E-state index is 9.84. The van der Waals surface area contributed by atoms with Crippen molar-refractivity contribution in [3.8, 4) is 12.1 Å². The van der Waals surface area contributed by atoms with Crippen LogP contribution >= 0.6 is 0 Å². The van der Waals surface area contributed by atoms with Gasteiger partial charge in [0.2, 0.25) is 0 Å². The molecule has 3 heteroatoms.